The summed E-state index contributed by atoms with van der Waals surface area (Å²) in [5.41, 5.74) is 0. The van der Waals surface area contributed by atoms with Gasteiger partial charge in [0.15, 0.2) is 12.4 Å². The summed E-state index contributed by atoms with van der Waals surface area (Å²) >= 11 is 0. The van der Waals surface area contributed by atoms with Gasteiger partial charge in [0.05, 0.1) is 25.4 Å². The van der Waals surface area contributed by atoms with Gasteiger partial charge in [0.2, 0.25) is 5.91 Å². The molecule has 8 atom stereocenters. The molecule has 0 aliphatic carbocycles. The number of nitrogens with one attached hydrogen (secondary N) is 1. The minimum atomic E-state index is -1.61. The van der Waals surface area contributed by atoms with E-state index in [2.05, 4.69) is 50.4 Å². The van der Waals surface area contributed by atoms with E-state index in [0.717, 1.165) is 64.2 Å². The SMILES string of the molecule is CCCCC/C=C\C/C=C\CCCCCCCCCCCCCCCCCCC(O)C(=O)NC(COC1OC(CO)C(O)C(O)C1OC(=O)CCCCCCCCCCCCCCCCCCCCCCC)C(O)/C=C/CCCCCCCCCCCCC. The molecule has 11 nitrogen and oxygen atoms in total. The number of hydrogen-bond donors (Lipinski definition) is 6. The van der Waals surface area contributed by atoms with Crippen LogP contribution in [0.2, 0.25) is 0 Å². The number of ether oxygens (including phenoxy) is 3. The number of aliphatic hydroxyl groups is 5. The van der Waals surface area contributed by atoms with E-state index in [4.69, 9.17) is 14.2 Å². The Labute approximate surface area is 549 Å². The van der Waals surface area contributed by atoms with Crippen LogP contribution in [0.3, 0.4) is 0 Å². The van der Waals surface area contributed by atoms with Crippen molar-refractivity contribution in [3.8, 4) is 0 Å². The van der Waals surface area contributed by atoms with E-state index in [0.29, 0.717) is 19.3 Å². The Morgan fingerprint density at radius 3 is 1.17 bits per heavy atom. The van der Waals surface area contributed by atoms with E-state index in [-0.39, 0.29) is 13.0 Å². The van der Waals surface area contributed by atoms with Crippen LogP contribution in [-0.4, -0.2) is 99.6 Å². The van der Waals surface area contributed by atoms with E-state index >= 15 is 0 Å². The zero-order valence-corrected chi connectivity index (χ0v) is 58.6. The summed E-state index contributed by atoms with van der Waals surface area (Å²) in [4.78, 5) is 26.8. The van der Waals surface area contributed by atoms with E-state index < -0.39 is 67.4 Å². The Kier molecular flexibility index (Phi) is 62.9. The Morgan fingerprint density at radius 2 is 0.775 bits per heavy atom. The maximum absolute atomic E-state index is 13.5. The Hall–Kier alpha value is -2.12. The molecule has 1 rings (SSSR count). The van der Waals surface area contributed by atoms with Gasteiger partial charge in [-0.1, -0.05) is 359 Å². The molecule has 1 amide bonds. The predicted molar refractivity (Wildman–Crippen MR) is 375 cm³/mol. The molecule has 0 aromatic rings. The fraction of sp³-hybridized carbons (Fsp3) is 0.897. The van der Waals surface area contributed by atoms with Crippen molar-refractivity contribution in [2.24, 2.45) is 0 Å². The van der Waals surface area contributed by atoms with Crippen LogP contribution in [0.4, 0.5) is 0 Å². The summed E-state index contributed by atoms with van der Waals surface area (Å²) in [5.74, 6) is -1.17. The van der Waals surface area contributed by atoms with Gasteiger partial charge >= 0.3 is 5.97 Å². The highest BCUT2D eigenvalue weighted by Gasteiger charge is 2.47. The molecule has 6 N–H and O–H groups in total. The molecule has 8 unspecified atom stereocenters. The summed E-state index contributed by atoms with van der Waals surface area (Å²) in [5, 5.41) is 57.4. The Bertz CT molecular complexity index is 1590. The molecule has 0 aromatic heterocycles. The highest BCUT2D eigenvalue weighted by molar-refractivity contribution is 5.80. The Balaban J connectivity index is 2.52. The first-order valence-corrected chi connectivity index (χ1v) is 38.8. The lowest BCUT2D eigenvalue weighted by Gasteiger charge is -2.41. The van der Waals surface area contributed by atoms with Gasteiger partial charge in [-0.05, 0) is 57.8 Å². The van der Waals surface area contributed by atoms with Crippen LogP contribution in [-0.2, 0) is 23.8 Å². The van der Waals surface area contributed by atoms with Crippen LogP contribution in [0, 0.1) is 0 Å². The van der Waals surface area contributed by atoms with Gasteiger partial charge in [0.25, 0.3) is 0 Å². The number of rotatable bonds is 68. The largest absolute Gasteiger partial charge is 0.454 e. The van der Waals surface area contributed by atoms with E-state index in [1.807, 2.05) is 6.08 Å². The molecule has 1 fully saturated rings. The summed E-state index contributed by atoms with van der Waals surface area (Å²) in [7, 11) is 0. The zero-order chi connectivity index (χ0) is 64.6. The molecule has 11 heteroatoms. The van der Waals surface area contributed by atoms with Crippen molar-refractivity contribution in [2.75, 3.05) is 13.2 Å². The van der Waals surface area contributed by atoms with Gasteiger partial charge in [0.1, 0.15) is 24.4 Å². The highest BCUT2D eigenvalue weighted by atomic mass is 16.7. The average Bonchev–Trinajstić information content (AvgIpc) is 3.11. The molecule has 0 spiro atoms. The average molecular weight is 1260 g/mol. The Morgan fingerprint density at radius 1 is 0.438 bits per heavy atom. The maximum Gasteiger partial charge on any atom is 0.306 e. The van der Waals surface area contributed by atoms with Crippen molar-refractivity contribution in [2.45, 2.75) is 436 Å². The molecular weight excluding hydrogens is 1110 g/mol. The summed E-state index contributed by atoms with van der Waals surface area (Å²) in [6.45, 7) is 5.84. The van der Waals surface area contributed by atoms with Crippen LogP contribution in [0.1, 0.15) is 387 Å². The number of aliphatic hydroxyl groups excluding tert-OH is 5. The first kappa shape index (κ1) is 84.9. The summed E-state index contributed by atoms with van der Waals surface area (Å²) < 4.78 is 17.8. The third-order valence-electron chi connectivity index (χ3n) is 18.5. The van der Waals surface area contributed by atoms with Gasteiger partial charge in [-0.15, -0.1) is 0 Å². The minimum absolute atomic E-state index is 0.130. The van der Waals surface area contributed by atoms with Gasteiger partial charge in [-0.3, -0.25) is 9.59 Å². The minimum Gasteiger partial charge on any atom is -0.454 e. The molecule has 524 valence electrons. The van der Waals surface area contributed by atoms with Crippen LogP contribution in [0.5, 0.6) is 0 Å². The second-order valence-electron chi connectivity index (χ2n) is 27.1. The van der Waals surface area contributed by atoms with Gasteiger partial charge in [-0.25, -0.2) is 0 Å². The zero-order valence-electron chi connectivity index (χ0n) is 58.6. The van der Waals surface area contributed by atoms with Gasteiger partial charge in [-0.2, -0.15) is 0 Å². The third kappa shape index (κ3) is 52.9. The lowest BCUT2D eigenvalue weighted by Crippen LogP contribution is -2.61. The molecule has 1 saturated heterocycles. The number of esters is 1. The number of allylic oxidation sites excluding steroid dienone is 5. The molecule has 0 saturated carbocycles. The predicted octanol–water partition coefficient (Wildman–Crippen LogP) is 20.5. The second-order valence-corrected chi connectivity index (χ2v) is 27.1. The van der Waals surface area contributed by atoms with Crippen LogP contribution in [0.15, 0.2) is 36.5 Å². The molecular formula is C78H147NO10. The van der Waals surface area contributed by atoms with Gasteiger partial charge < -0.3 is 45.1 Å². The molecule has 1 aliphatic rings. The number of hydrogen-bond acceptors (Lipinski definition) is 10. The smallest absolute Gasteiger partial charge is 0.306 e. The topological polar surface area (TPSA) is 175 Å². The van der Waals surface area contributed by atoms with Gasteiger partial charge in [0, 0.05) is 6.42 Å². The van der Waals surface area contributed by atoms with Crippen molar-refractivity contribution in [1.82, 2.24) is 5.32 Å². The fourth-order valence-electron chi connectivity index (χ4n) is 12.5. The number of amides is 1. The normalized spacial score (nSPS) is 18.2. The van der Waals surface area contributed by atoms with Crippen molar-refractivity contribution in [1.29, 1.82) is 0 Å². The fourth-order valence-corrected chi connectivity index (χ4v) is 12.5. The van der Waals surface area contributed by atoms with Crippen LogP contribution in [0.25, 0.3) is 0 Å². The molecule has 0 aromatic carbocycles. The third-order valence-corrected chi connectivity index (χ3v) is 18.5. The first-order chi connectivity index (χ1) is 43.7. The molecule has 0 bridgehead atoms. The monoisotopic (exact) mass is 1260 g/mol. The number of carbonyl (C=O) groups excluding carboxylic acids is 2. The van der Waals surface area contributed by atoms with Crippen LogP contribution >= 0.6 is 0 Å². The first-order valence-electron chi connectivity index (χ1n) is 38.8. The van der Waals surface area contributed by atoms with Crippen molar-refractivity contribution >= 4 is 11.9 Å². The summed E-state index contributed by atoms with van der Waals surface area (Å²) in [6, 6.07) is -1.02. The highest BCUT2D eigenvalue weighted by Crippen LogP contribution is 2.27. The number of carbonyl (C=O) groups is 2. The van der Waals surface area contributed by atoms with E-state index in [9.17, 15) is 35.1 Å². The second kappa shape index (κ2) is 65.9. The van der Waals surface area contributed by atoms with E-state index in [1.165, 1.54) is 276 Å². The molecule has 1 heterocycles. The quantitative estimate of drug-likeness (QED) is 0.0195. The number of unbranched alkanes of at least 4 members (excludes halogenated alkanes) is 50. The molecule has 0 radical (unpaired) electrons. The van der Waals surface area contributed by atoms with Crippen molar-refractivity contribution in [3.63, 3.8) is 0 Å². The maximum atomic E-state index is 13.5. The molecule has 1 aliphatic heterocycles. The lowest BCUT2D eigenvalue weighted by atomic mass is 9.99. The van der Waals surface area contributed by atoms with E-state index in [1.54, 1.807) is 6.08 Å². The van der Waals surface area contributed by atoms with Crippen LogP contribution < -0.4 is 5.32 Å². The lowest BCUT2D eigenvalue weighted by molar-refractivity contribution is -0.305. The molecule has 89 heavy (non-hydrogen) atoms. The standard InChI is InChI=1S/C78H147NO10/c1-4-7-10-13-16-19-22-25-27-29-31-33-34-35-36-37-39-40-42-44-47-50-53-56-59-62-65-71(82)77(86)79-69(70(81)64-61-58-55-52-49-46-24-21-18-15-12-9-6-3)68-87-78-76(75(85)74(84)72(67-80)88-78)89-73(83)66-63-60-57-54-51-48-45-43-41-38-32-30-28-26-23-20-17-14-11-8-5-2/h16,19,25,27,61,64,69-72,74-76,78,80-82,84-85H,4-15,17-18,20-24,26,28-60,62-63,65-68H2,1-3H3,(H,79,86)/b19-16-,27-25-,64-61+. The van der Waals surface area contributed by atoms with Crippen molar-refractivity contribution < 1.29 is 49.3 Å². The van der Waals surface area contributed by atoms with Crippen molar-refractivity contribution in [3.05, 3.63) is 36.5 Å². The summed E-state index contributed by atoms with van der Waals surface area (Å²) in [6.07, 6.45) is 71.9.